The van der Waals surface area contributed by atoms with Crippen LogP contribution in [0.2, 0.25) is 0 Å². The molecule has 0 unspecified atom stereocenters. The van der Waals surface area contributed by atoms with Gasteiger partial charge in [-0.3, -0.25) is 0 Å². The molecule has 4 heteroatoms. The number of carbonyl (C=O) groups is 1. The Labute approximate surface area is 141 Å². The minimum absolute atomic E-state index is 0. The summed E-state index contributed by atoms with van der Waals surface area (Å²) in [6, 6.07) is 0. The number of unbranched alkanes of at least 4 members (excludes halogenated alkanes) is 9. The van der Waals surface area contributed by atoms with Crippen LogP contribution in [0.15, 0.2) is 0 Å². The van der Waals surface area contributed by atoms with Crippen LogP contribution >= 0.6 is 0 Å². The summed E-state index contributed by atoms with van der Waals surface area (Å²) in [4.78, 5) is 10.9. The van der Waals surface area contributed by atoms with Crippen LogP contribution in [-0.4, -0.2) is 48.9 Å². The molecule has 0 rings (SSSR count). The van der Waals surface area contributed by atoms with Crippen molar-refractivity contribution in [1.29, 1.82) is 0 Å². The molecule has 0 saturated heterocycles. The summed E-state index contributed by atoms with van der Waals surface area (Å²) in [5.74, 6) is 0. The molecule has 0 aromatic rings. The van der Waals surface area contributed by atoms with Gasteiger partial charge < -0.3 is 9.47 Å². The minimum atomic E-state index is -0.534. The zero-order chi connectivity index (χ0) is 13.5. The first-order chi connectivity index (χ1) is 8.81. The van der Waals surface area contributed by atoms with Crippen molar-refractivity contribution in [1.82, 2.24) is 0 Å². The molecule has 19 heavy (non-hydrogen) atoms. The summed E-state index contributed by atoms with van der Waals surface area (Å²) in [5.41, 5.74) is 0. The predicted octanol–water partition coefficient (Wildman–Crippen LogP) is 4.70. The average Bonchev–Trinajstić information content (AvgIpc) is 2.36. The van der Waals surface area contributed by atoms with E-state index in [1.165, 1.54) is 51.4 Å². The summed E-state index contributed by atoms with van der Waals surface area (Å²) < 4.78 is 9.57. The average molecular weight is 281 g/mol. The maximum Gasteiger partial charge on any atom is 0.508 e. The molecule has 0 aromatic carbocycles. The van der Waals surface area contributed by atoms with Crippen molar-refractivity contribution >= 4 is 35.7 Å². The van der Waals surface area contributed by atoms with Gasteiger partial charge in [-0.25, -0.2) is 4.79 Å². The molecule has 109 valence electrons. The Kier molecular flexibility index (Phi) is 20.7. The van der Waals surface area contributed by atoms with Gasteiger partial charge in [0, 0.05) is 29.6 Å². The number of ether oxygens (including phenoxy) is 2. The van der Waals surface area contributed by atoms with Gasteiger partial charge >= 0.3 is 6.16 Å². The van der Waals surface area contributed by atoms with Crippen LogP contribution in [0, 0.1) is 0 Å². The molecule has 0 aromatic heterocycles. The van der Waals surface area contributed by atoms with Gasteiger partial charge in [0.15, 0.2) is 0 Å². The van der Waals surface area contributed by atoms with Crippen LogP contribution in [-0.2, 0) is 9.47 Å². The predicted molar refractivity (Wildman–Crippen MR) is 80.6 cm³/mol. The molecule has 1 radical (unpaired) electrons. The van der Waals surface area contributed by atoms with Gasteiger partial charge in [0.25, 0.3) is 0 Å². The Morgan fingerprint density at radius 2 is 1.21 bits per heavy atom. The largest absolute Gasteiger partial charge is 0.508 e. The normalized spacial score (nSPS) is 9.79. The fourth-order valence-electron chi connectivity index (χ4n) is 1.90. The minimum Gasteiger partial charge on any atom is -0.435 e. The fourth-order valence-corrected chi connectivity index (χ4v) is 1.90. The molecule has 0 spiro atoms. The number of rotatable bonds is 12. The van der Waals surface area contributed by atoms with Crippen LogP contribution in [0.3, 0.4) is 0 Å². The van der Waals surface area contributed by atoms with Crippen LogP contribution in [0.5, 0.6) is 0 Å². The maximum atomic E-state index is 10.9. The van der Waals surface area contributed by atoms with E-state index in [0.29, 0.717) is 13.2 Å². The molecule has 0 bridgehead atoms. The van der Waals surface area contributed by atoms with Gasteiger partial charge in [0.1, 0.15) is 0 Å². The Morgan fingerprint density at radius 1 is 0.737 bits per heavy atom. The van der Waals surface area contributed by atoms with E-state index in [0.717, 1.165) is 12.8 Å². The zero-order valence-corrected chi connectivity index (χ0v) is 15.2. The van der Waals surface area contributed by atoms with Crippen LogP contribution < -0.4 is 0 Å². The smallest absolute Gasteiger partial charge is 0.435 e. The molecule has 0 aliphatic carbocycles. The van der Waals surface area contributed by atoms with Crippen LogP contribution in [0.1, 0.15) is 78.1 Å². The van der Waals surface area contributed by atoms with E-state index < -0.39 is 6.16 Å². The number of hydrogen-bond acceptors (Lipinski definition) is 3. The third kappa shape index (κ3) is 18.3. The Hall–Kier alpha value is 0.270. The van der Waals surface area contributed by atoms with E-state index in [1.807, 2.05) is 0 Å². The van der Waals surface area contributed by atoms with Crippen molar-refractivity contribution in [2.75, 3.05) is 13.2 Å². The molecule has 0 aliphatic rings. The van der Waals surface area contributed by atoms with Gasteiger partial charge in [0.05, 0.1) is 13.2 Å². The molecule has 0 heterocycles. The zero-order valence-electron chi connectivity index (χ0n) is 13.2. The summed E-state index contributed by atoms with van der Waals surface area (Å²) in [6.07, 6.45) is 12.3. The SMILES string of the molecule is CCCCCCCCCCCCOC(=O)OCC.[Na]. The summed E-state index contributed by atoms with van der Waals surface area (Å²) in [5, 5.41) is 0. The fraction of sp³-hybridized carbons (Fsp3) is 0.933. The van der Waals surface area contributed by atoms with E-state index in [1.54, 1.807) is 6.92 Å². The van der Waals surface area contributed by atoms with Crippen molar-refractivity contribution in [3.05, 3.63) is 0 Å². The first kappa shape index (κ1) is 21.6. The molecular formula is C15H30NaO3. The monoisotopic (exact) mass is 281 g/mol. The maximum absolute atomic E-state index is 10.9. The molecule has 0 atom stereocenters. The van der Waals surface area contributed by atoms with E-state index >= 15 is 0 Å². The van der Waals surface area contributed by atoms with Gasteiger partial charge in [-0.15, -0.1) is 0 Å². The van der Waals surface area contributed by atoms with Crippen molar-refractivity contribution in [2.24, 2.45) is 0 Å². The van der Waals surface area contributed by atoms with Crippen molar-refractivity contribution in [2.45, 2.75) is 78.1 Å². The summed E-state index contributed by atoms with van der Waals surface area (Å²) in [7, 11) is 0. The second-order valence-electron chi connectivity index (χ2n) is 4.71. The molecule has 0 N–H and O–H groups in total. The topological polar surface area (TPSA) is 35.5 Å². The second kappa shape index (κ2) is 18.3. The van der Waals surface area contributed by atoms with E-state index in [-0.39, 0.29) is 29.6 Å². The Bertz CT molecular complexity index is 186. The quantitative estimate of drug-likeness (QED) is 0.295. The third-order valence-corrected chi connectivity index (χ3v) is 2.98. The van der Waals surface area contributed by atoms with E-state index in [9.17, 15) is 4.79 Å². The number of carbonyl (C=O) groups excluding carboxylic acids is 1. The number of hydrogen-bond donors (Lipinski definition) is 0. The van der Waals surface area contributed by atoms with Crippen molar-refractivity contribution < 1.29 is 14.3 Å². The molecule has 0 amide bonds. The Morgan fingerprint density at radius 3 is 1.68 bits per heavy atom. The molecule has 0 saturated carbocycles. The van der Waals surface area contributed by atoms with E-state index in [2.05, 4.69) is 11.7 Å². The van der Waals surface area contributed by atoms with Gasteiger partial charge in [0.2, 0.25) is 0 Å². The second-order valence-corrected chi connectivity index (χ2v) is 4.71. The first-order valence-corrected chi connectivity index (χ1v) is 7.60. The van der Waals surface area contributed by atoms with Crippen molar-refractivity contribution in [3.8, 4) is 0 Å². The molecule has 3 nitrogen and oxygen atoms in total. The van der Waals surface area contributed by atoms with E-state index in [4.69, 9.17) is 4.74 Å². The Balaban J connectivity index is 0. The van der Waals surface area contributed by atoms with Crippen molar-refractivity contribution in [3.63, 3.8) is 0 Å². The third-order valence-electron chi connectivity index (χ3n) is 2.98. The standard InChI is InChI=1S/C15H30O3.Na/c1-3-5-6-7-8-9-10-11-12-13-14-18-15(16)17-4-2;/h3-14H2,1-2H3;. The molecule has 0 fully saturated rings. The van der Waals surface area contributed by atoms with Crippen LogP contribution in [0.25, 0.3) is 0 Å². The molecular weight excluding hydrogens is 251 g/mol. The first-order valence-electron chi connectivity index (χ1n) is 7.60. The van der Waals surface area contributed by atoms with Gasteiger partial charge in [-0.1, -0.05) is 64.7 Å². The van der Waals surface area contributed by atoms with Gasteiger partial charge in [-0.2, -0.15) is 0 Å². The van der Waals surface area contributed by atoms with Crippen LogP contribution in [0.4, 0.5) is 4.79 Å². The van der Waals surface area contributed by atoms with Gasteiger partial charge in [-0.05, 0) is 13.3 Å². The summed E-state index contributed by atoms with van der Waals surface area (Å²) >= 11 is 0. The molecule has 0 aliphatic heterocycles. The summed E-state index contributed by atoms with van der Waals surface area (Å²) in [6.45, 7) is 4.91.